The molecule has 1 fully saturated rings. The SMILES string of the molecule is Cc1ccc(S(=O)(=O)NCC2CCCO2)cc1C(N)=O. The Morgan fingerprint density at radius 3 is 2.85 bits per heavy atom. The van der Waals surface area contributed by atoms with E-state index in [1.54, 1.807) is 13.0 Å². The van der Waals surface area contributed by atoms with Gasteiger partial charge in [-0.1, -0.05) is 6.07 Å². The molecular formula is C13H18N2O4S. The van der Waals surface area contributed by atoms with E-state index >= 15 is 0 Å². The Morgan fingerprint density at radius 2 is 2.25 bits per heavy atom. The van der Waals surface area contributed by atoms with E-state index in [1.807, 2.05) is 0 Å². The Kier molecular flexibility index (Phi) is 4.42. The highest BCUT2D eigenvalue weighted by Crippen LogP contribution is 2.16. The van der Waals surface area contributed by atoms with Gasteiger partial charge in [0.05, 0.1) is 11.0 Å². The van der Waals surface area contributed by atoms with Gasteiger partial charge < -0.3 is 10.5 Å². The molecule has 0 spiro atoms. The largest absolute Gasteiger partial charge is 0.377 e. The third-order valence-corrected chi connectivity index (χ3v) is 4.73. The number of rotatable bonds is 5. The molecule has 0 radical (unpaired) electrons. The van der Waals surface area contributed by atoms with Gasteiger partial charge in [-0.25, -0.2) is 13.1 Å². The molecule has 1 aromatic rings. The summed E-state index contributed by atoms with van der Waals surface area (Å²) in [5.74, 6) is -0.640. The molecule has 1 saturated heterocycles. The van der Waals surface area contributed by atoms with Gasteiger partial charge in [0, 0.05) is 18.7 Å². The fraction of sp³-hybridized carbons (Fsp3) is 0.462. The van der Waals surface area contributed by atoms with Crippen LogP contribution in [-0.4, -0.2) is 33.6 Å². The number of primary amides is 1. The van der Waals surface area contributed by atoms with Gasteiger partial charge in [0.1, 0.15) is 0 Å². The average molecular weight is 298 g/mol. The molecule has 1 heterocycles. The van der Waals surface area contributed by atoms with Gasteiger partial charge in [0.25, 0.3) is 0 Å². The molecule has 3 N–H and O–H groups in total. The third kappa shape index (κ3) is 3.36. The Balaban J connectivity index is 2.16. The van der Waals surface area contributed by atoms with Crippen molar-refractivity contribution in [3.8, 4) is 0 Å². The number of sulfonamides is 1. The molecule has 0 saturated carbocycles. The Bertz CT molecular complexity index is 607. The van der Waals surface area contributed by atoms with E-state index in [1.165, 1.54) is 12.1 Å². The summed E-state index contributed by atoms with van der Waals surface area (Å²) in [6.07, 6.45) is 1.72. The van der Waals surface area contributed by atoms with Crippen molar-refractivity contribution in [2.75, 3.05) is 13.2 Å². The average Bonchev–Trinajstić information content (AvgIpc) is 2.89. The van der Waals surface area contributed by atoms with E-state index < -0.39 is 15.9 Å². The molecule has 0 aromatic heterocycles. The van der Waals surface area contributed by atoms with Crippen LogP contribution in [0.1, 0.15) is 28.8 Å². The molecule has 0 bridgehead atoms. The van der Waals surface area contributed by atoms with Gasteiger partial charge in [-0.05, 0) is 37.5 Å². The molecule has 7 heteroatoms. The summed E-state index contributed by atoms with van der Waals surface area (Å²) in [6.45, 7) is 2.61. The van der Waals surface area contributed by atoms with Crippen LogP contribution in [0, 0.1) is 6.92 Å². The second kappa shape index (κ2) is 5.90. The number of benzene rings is 1. The van der Waals surface area contributed by atoms with Crippen LogP contribution in [0.2, 0.25) is 0 Å². The molecule has 1 aliphatic rings. The van der Waals surface area contributed by atoms with Crippen molar-refractivity contribution in [2.45, 2.75) is 30.8 Å². The Hall–Kier alpha value is -1.44. The maximum Gasteiger partial charge on any atom is 0.249 e. The summed E-state index contributed by atoms with van der Waals surface area (Å²) in [6, 6.07) is 4.33. The molecule has 2 rings (SSSR count). The van der Waals surface area contributed by atoms with E-state index in [9.17, 15) is 13.2 Å². The number of aryl methyl sites for hydroxylation is 1. The molecule has 110 valence electrons. The number of nitrogens with one attached hydrogen (secondary N) is 1. The van der Waals surface area contributed by atoms with Gasteiger partial charge >= 0.3 is 0 Å². The first-order valence-electron chi connectivity index (χ1n) is 6.42. The first-order valence-corrected chi connectivity index (χ1v) is 7.90. The summed E-state index contributed by atoms with van der Waals surface area (Å²) in [4.78, 5) is 11.3. The number of carbonyl (C=O) groups is 1. The van der Waals surface area contributed by atoms with Crippen molar-refractivity contribution < 1.29 is 17.9 Å². The molecule has 6 nitrogen and oxygen atoms in total. The number of hydrogen-bond acceptors (Lipinski definition) is 4. The highest BCUT2D eigenvalue weighted by Gasteiger charge is 2.21. The first-order chi connectivity index (χ1) is 9.40. The fourth-order valence-electron chi connectivity index (χ4n) is 2.13. The van der Waals surface area contributed by atoms with Crippen molar-refractivity contribution in [1.82, 2.24) is 4.72 Å². The summed E-state index contributed by atoms with van der Waals surface area (Å²) in [5.41, 5.74) is 6.09. The van der Waals surface area contributed by atoms with Gasteiger partial charge in [0.15, 0.2) is 0 Å². The number of amides is 1. The summed E-state index contributed by atoms with van der Waals surface area (Å²) in [5, 5.41) is 0. The molecule has 1 unspecified atom stereocenters. The molecule has 1 aromatic carbocycles. The number of nitrogens with two attached hydrogens (primary N) is 1. The number of carbonyl (C=O) groups excluding carboxylic acids is 1. The normalized spacial score (nSPS) is 19.1. The van der Waals surface area contributed by atoms with Crippen molar-refractivity contribution in [1.29, 1.82) is 0 Å². The van der Waals surface area contributed by atoms with Crippen LogP contribution in [-0.2, 0) is 14.8 Å². The van der Waals surface area contributed by atoms with Crippen LogP contribution in [0.25, 0.3) is 0 Å². The van der Waals surface area contributed by atoms with E-state index in [-0.39, 0.29) is 23.1 Å². The molecule has 0 aliphatic carbocycles. The lowest BCUT2D eigenvalue weighted by Crippen LogP contribution is -2.32. The maximum absolute atomic E-state index is 12.2. The van der Waals surface area contributed by atoms with E-state index in [2.05, 4.69) is 4.72 Å². The van der Waals surface area contributed by atoms with Crippen LogP contribution in [0.15, 0.2) is 23.1 Å². The van der Waals surface area contributed by atoms with Gasteiger partial charge in [-0.2, -0.15) is 0 Å². The zero-order valence-corrected chi connectivity index (χ0v) is 12.1. The lowest BCUT2D eigenvalue weighted by atomic mass is 10.1. The third-order valence-electron chi connectivity index (χ3n) is 3.31. The summed E-state index contributed by atoms with van der Waals surface area (Å²) in [7, 11) is -3.66. The molecular weight excluding hydrogens is 280 g/mol. The zero-order valence-electron chi connectivity index (χ0n) is 11.3. The lowest BCUT2D eigenvalue weighted by Gasteiger charge is -2.12. The lowest BCUT2D eigenvalue weighted by molar-refractivity contribution is 0.0999. The standard InChI is InChI=1S/C13H18N2O4S/c1-9-4-5-11(7-12(9)13(14)16)20(17,18)15-8-10-3-2-6-19-10/h4-5,7,10,15H,2-3,6,8H2,1H3,(H2,14,16). The Labute approximate surface area is 118 Å². The van der Waals surface area contributed by atoms with Gasteiger partial charge in [0.2, 0.25) is 15.9 Å². The molecule has 20 heavy (non-hydrogen) atoms. The Morgan fingerprint density at radius 1 is 1.50 bits per heavy atom. The van der Waals surface area contributed by atoms with E-state index in [0.29, 0.717) is 12.2 Å². The number of hydrogen-bond donors (Lipinski definition) is 2. The quantitative estimate of drug-likeness (QED) is 0.829. The predicted molar refractivity (Wildman–Crippen MR) is 73.9 cm³/mol. The second-order valence-corrected chi connectivity index (χ2v) is 6.59. The van der Waals surface area contributed by atoms with Crippen LogP contribution in [0.4, 0.5) is 0 Å². The minimum absolute atomic E-state index is 0.0369. The topological polar surface area (TPSA) is 98.5 Å². The van der Waals surface area contributed by atoms with Crippen molar-refractivity contribution >= 4 is 15.9 Å². The zero-order chi connectivity index (χ0) is 14.8. The van der Waals surface area contributed by atoms with Gasteiger partial charge in [-0.3, -0.25) is 4.79 Å². The van der Waals surface area contributed by atoms with Crippen LogP contribution < -0.4 is 10.5 Å². The maximum atomic E-state index is 12.2. The number of ether oxygens (including phenoxy) is 1. The summed E-state index contributed by atoms with van der Waals surface area (Å²) >= 11 is 0. The molecule has 1 aliphatic heterocycles. The van der Waals surface area contributed by atoms with Crippen molar-refractivity contribution in [3.63, 3.8) is 0 Å². The monoisotopic (exact) mass is 298 g/mol. The van der Waals surface area contributed by atoms with Crippen molar-refractivity contribution in [2.24, 2.45) is 5.73 Å². The van der Waals surface area contributed by atoms with Gasteiger partial charge in [-0.15, -0.1) is 0 Å². The molecule has 1 atom stereocenters. The minimum Gasteiger partial charge on any atom is -0.377 e. The second-order valence-electron chi connectivity index (χ2n) is 4.83. The van der Waals surface area contributed by atoms with E-state index in [0.717, 1.165) is 12.8 Å². The minimum atomic E-state index is -3.66. The predicted octanol–water partition coefficient (Wildman–Crippen LogP) is 0.551. The first kappa shape index (κ1) is 15.0. The van der Waals surface area contributed by atoms with Crippen LogP contribution >= 0.6 is 0 Å². The molecule has 1 amide bonds. The smallest absolute Gasteiger partial charge is 0.249 e. The van der Waals surface area contributed by atoms with Crippen LogP contribution in [0.3, 0.4) is 0 Å². The van der Waals surface area contributed by atoms with Crippen LogP contribution in [0.5, 0.6) is 0 Å². The summed E-state index contributed by atoms with van der Waals surface area (Å²) < 4.78 is 32.2. The fourth-order valence-corrected chi connectivity index (χ4v) is 3.22. The highest BCUT2D eigenvalue weighted by atomic mass is 32.2. The highest BCUT2D eigenvalue weighted by molar-refractivity contribution is 7.89. The van der Waals surface area contributed by atoms with E-state index in [4.69, 9.17) is 10.5 Å². The van der Waals surface area contributed by atoms with Crippen molar-refractivity contribution in [3.05, 3.63) is 29.3 Å².